The number of aliphatic hydroxyl groups excluding tert-OH is 2. The molecule has 0 amide bonds. The van der Waals surface area contributed by atoms with Crippen LogP contribution in [0, 0.1) is 19.8 Å². The zero-order chi connectivity index (χ0) is 14.9. The first-order valence-electron chi connectivity index (χ1n) is 6.69. The zero-order valence-electron chi connectivity index (χ0n) is 11.7. The standard InChI is InChI=1S/C14H20N2O4/c1-8-5-11(14(19)20)13(15-9(8)2)16-4-3-10(7-17)12(18)6-16/h5,10,12,17-18H,3-4,6-7H2,1-2H3,(H,19,20)/t10-,12-/m1/s1. The van der Waals surface area contributed by atoms with Crippen molar-refractivity contribution >= 4 is 11.8 Å². The Morgan fingerprint density at radius 3 is 2.75 bits per heavy atom. The molecule has 0 unspecified atom stereocenters. The van der Waals surface area contributed by atoms with Gasteiger partial charge in [-0.25, -0.2) is 9.78 Å². The SMILES string of the molecule is Cc1cc(C(=O)O)c(N2CC[C@H](CO)[C@H](O)C2)nc1C. The molecule has 0 saturated carbocycles. The maximum Gasteiger partial charge on any atom is 0.339 e. The molecule has 110 valence electrons. The fourth-order valence-corrected chi connectivity index (χ4v) is 2.48. The van der Waals surface area contributed by atoms with Crippen molar-refractivity contribution in [2.24, 2.45) is 5.92 Å². The number of aromatic nitrogens is 1. The van der Waals surface area contributed by atoms with E-state index in [-0.39, 0.29) is 18.1 Å². The van der Waals surface area contributed by atoms with E-state index in [1.807, 2.05) is 13.8 Å². The molecule has 3 N–H and O–H groups in total. The maximum absolute atomic E-state index is 11.4. The van der Waals surface area contributed by atoms with Crippen LogP contribution in [0.1, 0.15) is 28.0 Å². The van der Waals surface area contributed by atoms with Crippen LogP contribution in [0.2, 0.25) is 0 Å². The van der Waals surface area contributed by atoms with Crippen LogP contribution in [0.25, 0.3) is 0 Å². The van der Waals surface area contributed by atoms with E-state index in [0.29, 0.717) is 25.3 Å². The Bertz CT molecular complexity index is 518. The Kier molecular flexibility index (Phi) is 4.25. The lowest BCUT2D eigenvalue weighted by Gasteiger charge is -2.36. The number of hydrogen-bond acceptors (Lipinski definition) is 5. The summed E-state index contributed by atoms with van der Waals surface area (Å²) in [7, 11) is 0. The molecule has 20 heavy (non-hydrogen) atoms. The number of pyridine rings is 1. The van der Waals surface area contributed by atoms with Crippen molar-refractivity contribution < 1.29 is 20.1 Å². The second-order valence-electron chi connectivity index (χ2n) is 5.31. The van der Waals surface area contributed by atoms with Gasteiger partial charge < -0.3 is 20.2 Å². The van der Waals surface area contributed by atoms with Gasteiger partial charge in [-0.05, 0) is 31.9 Å². The van der Waals surface area contributed by atoms with Crippen molar-refractivity contribution in [2.45, 2.75) is 26.4 Å². The molecule has 0 aliphatic carbocycles. The summed E-state index contributed by atoms with van der Waals surface area (Å²) < 4.78 is 0. The highest BCUT2D eigenvalue weighted by Crippen LogP contribution is 2.26. The van der Waals surface area contributed by atoms with Crippen molar-refractivity contribution in [1.29, 1.82) is 0 Å². The van der Waals surface area contributed by atoms with Crippen molar-refractivity contribution in [3.05, 3.63) is 22.9 Å². The van der Waals surface area contributed by atoms with Crippen LogP contribution in [0.15, 0.2) is 6.07 Å². The van der Waals surface area contributed by atoms with E-state index in [1.54, 1.807) is 11.0 Å². The molecule has 1 aromatic rings. The molecule has 0 spiro atoms. The van der Waals surface area contributed by atoms with Gasteiger partial charge in [0.2, 0.25) is 0 Å². The van der Waals surface area contributed by atoms with Crippen LogP contribution < -0.4 is 4.90 Å². The van der Waals surface area contributed by atoms with Crippen LogP contribution in [0.3, 0.4) is 0 Å². The minimum absolute atomic E-state index is 0.0544. The molecular formula is C14H20N2O4. The Balaban J connectivity index is 2.33. The Morgan fingerprint density at radius 2 is 2.20 bits per heavy atom. The first-order valence-corrected chi connectivity index (χ1v) is 6.69. The number of aromatic carboxylic acids is 1. The molecule has 1 fully saturated rings. The van der Waals surface area contributed by atoms with Crippen LogP contribution in [-0.4, -0.2) is 52.1 Å². The number of nitrogens with zero attached hydrogens (tertiary/aromatic N) is 2. The molecule has 2 heterocycles. The van der Waals surface area contributed by atoms with Crippen molar-refractivity contribution in [3.8, 4) is 0 Å². The predicted octanol–water partition coefficient (Wildman–Crippen LogP) is 0.576. The quantitative estimate of drug-likeness (QED) is 0.749. The summed E-state index contributed by atoms with van der Waals surface area (Å²) in [6.45, 7) is 4.48. The smallest absolute Gasteiger partial charge is 0.339 e. The van der Waals surface area contributed by atoms with E-state index >= 15 is 0 Å². The minimum atomic E-state index is -1.02. The van der Waals surface area contributed by atoms with Gasteiger partial charge in [-0.3, -0.25) is 0 Å². The minimum Gasteiger partial charge on any atom is -0.478 e. The Hall–Kier alpha value is -1.66. The molecule has 1 aliphatic rings. The van der Waals surface area contributed by atoms with Crippen LogP contribution in [0.5, 0.6) is 0 Å². The highest BCUT2D eigenvalue weighted by Gasteiger charge is 2.30. The number of β-amino-alcohol motifs (C(OH)–C–C–N with tert-alkyl or cyclic N) is 1. The third kappa shape index (κ3) is 2.76. The fourth-order valence-electron chi connectivity index (χ4n) is 2.48. The number of aliphatic hydroxyl groups is 2. The molecule has 6 nitrogen and oxygen atoms in total. The highest BCUT2D eigenvalue weighted by atomic mass is 16.4. The molecule has 0 aromatic carbocycles. The number of carboxylic acid groups (broad SMARTS) is 1. The molecule has 0 radical (unpaired) electrons. The van der Waals surface area contributed by atoms with Crippen molar-refractivity contribution in [1.82, 2.24) is 4.98 Å². The lowest BCUT2D eigenvalue weighted by Crippen LogP contribution is -2.46. The molecular weight excluding hydrogens is 260 g/mol. The summed E-state index contributed by atoms with van der Waals surface area (Å²) in [5.41, 5.74) is 1.77. The summed E-state index contributed by atoms with van der Waals surface area (Å²) in [5.74, 6) is -0.767. The summed E-state index contributed by atoms with van der Waals surface area (Å²) in [6.07, 6.45) is -0.0514. The van der Waals surface area contributed by atoms with Crippen LogP contribution in [-0.2, 0) is 0 Å². The van der Waals surface area contributed by atoms with E-state index in [2.05, 4.69) is 4.98 Å². The van der Waals surface area contributed by atoms with Gasteiger partial charge in [0.15, 0.2) is 0 Å². The third-order valence-corrected chi connectivity index (χ3v) is 3.93. The van der Waals surface area contributed by atoms with E-state index in [1.165, 1.54) is 0 Å². The summed E-state index contributed by atoms with van der Waals surface area (Å²) >= 11 is 0. The Morgan fingerprint density at radius 1 is 1.50 bits per heavy atom. The van der Waals surface area contributed by atoms with Crippen molar-refractivity contribution in [3.63, 3.8) is 0 Å². The topological polar surface area (TPSA) is 93.9 Å². The van der Waals surface area contributed by atoms with E-state index in [0.717, 1.165) is 11.3 Å². The van der Waals surface area contributed by atoms with Gasteiger partial charge in [-0.2, -0.15) is 0 Å². The summed E-state index contributed by atoms with van der Waals surface area (Å²) in [5, 5.41) is 28.4. The monoisotopic (exact) mass is 280 g/mol. The van der Waals surface area contributed by atoms with Gasteiger partial charge in [0.25, 0.3) is 0 Å². The molecule has 6 heteroatoms. The number of rotatable bonds is 3. The van der Waals surface area contributed by atoms with E-state index in [4.69, 9.17) is 5.11 Å². The number of carboxylic acids is 1. The second-order valence-corrected chi connectivity index (χ2v) is 5.31. The number of carbonyl (C=O) groups is 1. The van der Waals surface area contributed by atoms with E-state index in [9.17, 15) is 15.0 Å². The molecule has 2 rings (SSSR count). The Labute approximate surface area is 117 Å². The lowest BCUT2D eigenvalue weighted by molar-refractivity contribution is 0.0541. The van der Waals surface area contributed by atoms with Crippen LogP contribution in [0.4, 0.5) is 5.82 Å². The molecule has 1 saturated heterocycles. The van der Waals surface area contributed by atoms with Crippen LogP contribution >= 0.6 is 0 Å². The summed E-state index contributed by atoms with van der Waals surface area (Å²) in [6, 6.07) is 1.62. The third-order valence-electron chi connectivity index (χ3n) is 3.93. The average Bonchev–Trinajstić information content (AvgIpc) is 2.41. The number of anilines is 1. The average molecular weight is 280 g/mol. The molecule has 1 aromatic heterocycles. The number of piperidine rings is 1. The second kappa shape index (κ2) is 5.76. The van der Waals surface area contributed by atoms with Gasteiger partial charge >= 0.3 is 5.97 Å². The molecule has 2 atom stereocenters. The van der Waals surface area contributed by atoms with Gasteiger partial charge in [0.05, 0.1) is 6.10 Å². The van der Waals surface area contributed by atoms with Gasteiger partial charge in [-0.15, -0.1) is 0 Å². The first-order chi connectivity index (χ1) is 9.43. The first kappa shape index (κ1) is 14.7. The largest absolute Gasteiger partial charge is 0.478 e. The zero-order valence-corrected chi connectivity index (χ0v) is 11.7. The maximum atomic E-state index is 11.4. The molecule has 0 bridgehead atoms. The normalized spacial score (nSPS) is 22.9. The summed E-state index contributed by atoms with van der Waals surface area (Å²) in [4.78, 5) is 17.5. The number of aryl methyl sites for hydroxylation is 2. The van der Waals surface area contributed by atoms with Gasteiger partial charge in [0.1, 0.15) is 11.4 Å². The molecule has 1 aliphatic heterocycles. The fraction of sp³-hybridized carbons (Fsp3) is 0.571. The van der Waals surface area contributed by atoms with Crippen molar-refractivity contribution in [2.75, 3.05) is 24.6 Å². The number of hydrogen-bond donors (Lipinski definition) is 3. The van der Waals surface area contributed by atoms with E-state index < -0.39 is 12.1 Å². The highest BCUT2D eigenvalue weighted by molar-refractivity contribution is 5.93. The lowest BCUT2D eigenvalue weighted by atomic mass is 9.94. The van der Waals surface area contributed by atoms with Gasteiger partial charge in [-0.1, -0.05) is 0 Å². The van der Waals surface area contributed by atoms with Gasteiger partial charge in [0, 0.05) is 31.3 Å². The predicted molar refractivity (Wildman–Crippen MR) is 74.1 cm³/mol.